The highest BCUT2D eigenvalue weighted by atomic mass is 35.5. The molecule has 0 fully saturated rings. The van der Waals surface area contributed by atoms with Gasteiger partial charge in [0.1, 0.15) is 0 Å². The monoisotopic (exact) mass is 322 g/mol. The van der Waals surface area contributed by atoms with E-state index < -0.39 is 0 Å². The van der Waals surface area contributed by atoms with E-state index in [-0.39, 0.29) is 11.0 Å². The molecule has 0 aliphatic heterocycles. The first-order valence-corrected chi connectivity index (χ1v) is 7.80. The highest BCUT2D eigenvalue weighted by Crippen LogP contribution is 2.32. The Morgan fingerprint density at radius 2 is 1.53 bits per heavy atom. The molecular formula is C15H21Cl3O. The molecule has 0 N–H and O–H groups in total. The van der Waals surface area contributed by atoms with Crippen molar-refractivity contribution in [2.24, 2.45) is 0 Å². The molecule has 0 spiro atoms. The Bertz CT molecular complexity index is 377. The Labute approximate surface area is 131 Å². The lowest BCUT2D eigenvalue weighted by atomic mass is 9.81. The van der Waals surface area contributed by atoms with Crippen LogP contribution in [0.15, 0.2) is 24.3 Å². The fourth-order valence-electron chi connectivity index (χ4n) is 1.82. The van der Waals surface area contributed by atoms with Gasteiger partial charge in [0.25, 0.3) is 0 Å². The number of rotatable bonds is 6. The van der Waals surface area contributed by atoms with E-state index in [1.165, 1.54) is 0 Å². The quantitative estimate of drug-likeness (QED) is 0.649. The highest BCUT2D eigenvalue weighted by Gasteiger charge is 2.31. The highest BCUT2D eigenvalue weighted by molar-refractivity contribution is 6.30. The second-order valence-electron chi connectivity index (χ2n) is 5.77. The van der Waals surface area contributed by atoms with E-state index in [9.17, 15) is 0 Å². The maximum Gasteiger partial charge on any atom is 0.0598 e. The van der Waals surface area contributed by atoms with E-state index in [1.807, 2.05) is 45.0 Å². The Kier molecular flexibility index (Phi) is 6.46. The van der Waals surface area contributed by atoms with Gasteiger partial charge >= 0.3 is 0 Å². The third-order valence-corrected chi connectivity index (χ3v) is 4.36. The van der Waals surface area contributed by atoms with Crippen molar-refractivity contribution in [3.8, 4) is 0 Å². The van der Waals surface area contributed by atoms with Gasteiger partial charge in [-0.2, -0.15) is 0 Å². The molecule has 108 valence electrons. The molecule has 1 rings (SSSR count). The summed E-state index contributed by atoms with van der Waals surface area (Å²) in [6, 6.07) is 7.72. The molecule has 0 atom stereocenters. The van der Waals surface area contributed by atoms with Gasteiger partial charge in [-0.25, -0.2) is 0 Å². The molecule has 0 saturated heterocycles. The maximum absolute atomic E-state index is 6.18. The number of hydrogen-bond donors (Lipinski definition) is 0. The molecule has 0 aromatic heterocycles. The molecule has 0 unspecified atom stereocenters. The third kappa shape index (κ3) is 5.15. The number of halogens is 3. The van der Waals surface area contributed by atoms with Crippen LogP contribution in [0, 0.1) is 0 Å². The molecule has 0 saturated carbocycles. The van der Waals surface area contributed by atoms with E-state index in [2.05, 4.69) is 0 Å². The maximum atomic E-state index is 6.18. The summed E-state index contributed by atoms with van der Waals surface area (Å²) in [5, 5.41) is 0.715. The minimum absolute atomic E-state index is 0.148. The largest absolute Gasteiger partial charge is 0.376 e. The lowest BCUT2D eigenvalue weighted by Crippen LogP contribution is -2.33. The van der Waals surface area contributed by atoms with E-state index in [0.717, 1.165) is 12.0 Å². The molecule has 1 nitrogen and oxygen atoms in total. The minimum Gasteiger partial charge on any atom is -0.376 e. The van der Waals surface area contributed by atoms with Gasteiger partial charge in [-0.05, 0) is 44.9 Å². The van der Waals surface area contributed by atoms with Crippen molar-refractivity contribution < 1.29 is 4.74 Å². The first-order chi connectivity index (χ1) is 8.83. The summed E-state index contributed by atoms with van der Waals surface area (Å²) in [6.45, 7) is 6.75. The standard InChI is InChI=1S/C15H21Cl3O/c1-14(2,3)19-9-8-15(10-16,11-17)12-4-6-13(18)7-5-12/h4-7H,8-11H2,1-3H3. The van der Waals surface area contributed by atoms with Crippen LogP contribution >= 0.6 is 34.8 Å². The number of alkyl halides is 2. The molecule has 0 radical (unpaired) electrons. The second kappa shape index (κ2) is 7.17. The molecule has 0 heterocycles. The van der Waals surface area contributed by atoms with Crippen molar-refractivity contribution in [3.05, 3.63) is 34.9 Å². The van der Waals surface area contributed by atoms with E-state index >= 15 is 0 Å². The van der Waals surface area contributed by atoms with E-state index in [4.69, 9.17) is 39.5 Å². The SMILES string of the molecule is CC(C)(C)OCCC(CCl)(CCl)c1ccc(Cl)cc1. The number of benzene rings is 1. The van der Waals surface area contributed by atoms with Gasteiger partial charge in [-0.1, -0.05) is 23.7 Å². The molecule has 4 heteroatoms. The summed E-state index contributed by atoms with van der Waals surface area (Å²) in [5.41, 5.74) is 0.697. The molecule has 1 aromatic rings. The minimum atomic E-state index is -0.265. The number of ether oxygens (including phenoxy) is 1. The van der Waals surface area contributed by atoms with E-state index in [0.29, 0.717) is 23.4 Å². The van der Waals surface area contributed by atoms with Crippen LogP contribution in [-0.2, 0) is 10.2 Å². The zero-order valence-corrected chi connectivity index (χ0v) is 13.9. The summed E-state index contributed by atoms with van der Waals surface area (Å²) in [5.74, 6) is 0.928. The van der Waals surface area contributed by atoms with Gasteiger partial charge < -0.3 is 4.74 Å². The Hall–Kier alpha value is 0.0500. The van der Waals surface area contributed by atoms with Crippen LogP contribution < -0.4 is 0 Å². The third-order valence-electron chi connectivity index (χ3n) is 3.08. The van der Waals surface area contributed by atoms with Gasteiger partial charge in [0, 0.05) is 28.8 Å². The Morgan fingerprint density at radius 1 is 1.00 bits per heavy atom. The van der Waals surface area contributed by atoms with Crippen LogP contribution in [0.5, 0.6) is 0 Å². The topological polar surface area (TPSA) is 9.23 Å². The second-order valence-corrected chi connectivity index (χ2v) is 6.74. The molecule has 0 amide bonds. The van der Waals surface area contributed by atoms with Crippen molar-refractivity contribution in [2.75, 3.05) is 18.4 Å². The summed E-state index contributed by atoms with van der Waals surface area (Å²) >= 11 is 18.3. The zero-order valence-electron chi connectivity index (χ0n) is 11.7. The van der Waals surface area contributed by atoms with Crippen LogP contribution in [-0.4, -0.2) is 24.0 Å². The van der Waals surface area contributed by atoms with Crippen LogP contribution in [0.1, 0.15) is 32.8 Å². The van der Waals surface area contributed by atoms with Gasteiger partial charge in [-0.3, -0.25) is 0 Å². The average Bonchev–Trinajstić information content (AvgIpc) is 2.35. The van der Waals surface area contributed by atoms with E-state index in [1.54, 1.807) is 0 Å². The molecule has 1 aromatic carbocycles. The fraction of sp³-hybridized carbons (Fsp3) is 0.600. The lowest BCUT2D eigenvalue weighted by molar-refractivity contribution is -0.00963. The summed E-state index contributed by atoms with van der Waals surface area (Å²) in [4.78, 5) is 0. The van der Waals surface area contributed by atoms with Crippen LogP contribution in [0.2, 0.25) is 5.02 Å². The predicted molar refractivity (Wildman–Crippen MR) is 84.9 cm³/mol. The first kappa shape index (κ1) is 17.1. The van der Waals surface area contributed by atoms with Crippen molar-refractivity contribution >= 4 is 34.8 Å². The van der Waals surface area contributed by atoms with Gasteiger partial charge in [0.05, 0.1) is 5.60 Å². The van der Waals surface area contributed by atoms with Gasteiger partial charge in [0.2, 0.25) is 0 Å². The smallest absolute Gasteiger partial charge is 0.0598 e. The van der Waals surface area contributed by atoms with Crippen molar-refractivity contribution in [1.82, 2.24) is 0 Å². The van der Waals surface area contributed by atoms with Crippen LogP contribution in [0.3, 0.4) is 0 Å². The Balaban J connectivity index is 2.82. The zero-order chi connectivity index (χ0) is 14.5. The van der Waals surface area contributed by atoms with Gasteiger partial charge in [0.15, 0.2) is 0 Å². The lowest BCUT2D eigenvalue weighted by Gasteiger charge is -2.31. The molecular weight excluding hydrogens is 303 g/mol. The van der Waals surface area contributed by atoms with Crippen molar-refractivity contribution in [2.45, 2.75) is 38.2 Å². The molecule has 0 aliphatic rings. The van der Waals surface area contributed by atoms with Crippen molar-refractivity contribution in [3.63, 3.8) is 0 Å². The average molecular weight is 324 g/mol. The molecule has 0 bridgehead atoms. The molecule has 0 aliphatic carbocycles. The molecule has 19 heavy (non-hydrogen) atoms. The summed E-state index contributed by atoms with van der Waals surface area (Å²) < 4.78 is 5.79. The van der Waals surface area contributed by atoms with Crippen LogP contribution in [0.25, 0.3) is 0 Å². The van der Waals surface area contributed by atoms with Crippen LogP contribution in [0.4, 0.5) is 0 Å². The Morgan fingerprint density at radius 3 is 1.95 bits per heavy atom. The first-order valence-electron chi connectivity index (χ1n) is 6.35. The van der Waals surface area contributed by atoms with Crippen molar-refractivity contribution in [1.29, 1.82) is 0 Å². The predicted octanol–water partition coefficient (Wildman–Crippen LogP) is 5.26. The number of hydrogen-bond acceptors (Lipinski definition) is 1. The summed E-state index contributed by atoms with van der Waals surface area (Å²) in [6.07, 6.45) is 0.791. The fourth-order valence-corrected chi connectivity index (χ4v) is 2.81. The van der Waals surface area contributed by atoms with Gasteiger partial charge in [-0.15, -0.1) is 23.2 Å². The normalized spacial score (nSPS) is 12.7. The summed E-state index contributed by atoms with van der Waals surface area (Å²) in [7, 11) is 0.